The summed E-state index contributed by atoms with van der Waals surface area (Å²) >= 11 is 0. The fraction of sp³-hybridized carbons (Fsp3) is 0.769. The molecule has 17 heavy (non-hydrogen) atoms. The van der Waals surface area contributed by atoms with Gasteiger partial charge in [-0.2, -0.15) is 0 Å². The molecule has 0 saturated carbocycles. The molecule has 0 unspecified atom stereocenters. The predicted molar refractivity (Wildman–Crippen MR) is 64.9 cm³/mol. The van der Waals surface area contributed by atoms with Crippen molar-refractivity contribution >= 4 is 17.3 Å². The maximum absolute atomic E-state index is 11.4. The molecule has 0 aromatic carbocycles. The Morgan fingerprint density at radius 1 is 0.824 bits per heavy atom. The van der Waals surface area contributed by atoms with E-state index in [0.29, 0.717) is 51.6 Å². The number of carbonyl (C=O) groups excluding carboxylic acids is 3. The van der Waals surface area contributed by atoms with Crippen LogP contribution in [0.4, 0.5) is 0 Å². The summed E-state index contributed by atoms with van der Waals surface area (Å²) < 4.78 is 4.78. The average molecular weight is 242 g/mol. The zero-order valence-corrected chi connectivity index (χ0v) is 10.8. The highest BCUT2D eigenvalue weighted by molar-refractivity contribution is 5.86. The van der Waals surface area contributed by atoms with Gasteiger partial charge in [-0.05, 0) is 6.42 Å². The monoisotopic (exact) mass is 242 g/mol. The Labute approximate surface area is 103 Å². The van der Waals surface area contributed by atoms with Crippen LogP contribution in [-0.2, 0) is 19.1 Å². The van der Waals surface area contributed by atoms with Crippen LogP contribution in [0, 0.1) is 0 Å². The normalized spacial score (nSPS) is 10.2. The zero-order chi connectivity index (χ0) is 13.1. The van der Waals surface area contributed by atoms with E-state index < -0.39 is 0 Å². The Bertz CT molecular complexity index is 258. The van der Waals surface area contributed by atoms with Crippen LogP contribution in [0.1, 0.15) is 51.9 Å². The van der Waals surface area contributed by atoms with Crippen molar-refractivity contribution in [2.75, 3.05) is 13.7 Å². The molecule has 0 aromatic rings. The minimum atomic E-state index is 0.0600. The van der Waals surface area contributed by atoms with Gasteiger partial charge in [-0.3, -0.25) is 14.4 Å². The van der Waals surface area contributed by atoms with Gasteiger partial charge in [-0.25, -0.2) is 0 Å². The summed E-state index contributed by atoms with van der Waals surface area (Å²) in [5.41, 5.74) is 0. The lowest BCUT2D eigenvalue weighted by molar-refractivity contribution is -0.125. The van der Waals surface area contributed by atoms with E-state index in [2.05, 4.69) is 0 Å². The third-order valence-electron chi connectivity index (χ3n) is 2.57. The molecule has 0 bridgehead atoms. The molecule has 0 radical (unpaired) electrons. The van der Waals surface area contributed by atoms with Gasteiger partial charge in [0.15, 0.2) is 0 Å². The summed E-state index contributed by atoms with van der Waals surface area (Å²) in [6, 6.07) is 0. The van der Waals surface area contributed by atoms with E-state index in [1.54, 1.807) is 7.11 Å². The summed E-state index contributed by atoms with van der Waals surface area (Å²) in [5.74, 6) is 0.318. The second-order valence-corrected chi connectivity index (χ2v) is 4.07. The highest BCUT2D eigenvalue weighted by Gasteiger charge is 2.07. The number of rotatable bonds is 11. The van der Waals surface area contributed by atoms with E-state index in [0.717, 1.165) is 0 Å². The van der Waals surface area contributed by atoms with E-state index in [1.807, 2.05) is 6.92 Å². The van der Waals surface area contributed by atoms with Gasteiger partial charge in [-0.1, -0.05) is 6.92 Å². The molecule has 0 atom stereocenters. The Morgan fingerprint density at radius 2 is 1.35 bits per heavy atom. The van der Waals surface area contributed by atoms with E-state index in [9.17, 15) is 14.4 Å². The van der Waals surface area contributed by atoms with Crippen molar-refractivity contribution in [2.45, 2.75) is 51.9 Å². The number of carbonyl (C=O) groups is 3. The molecule has 0 amide bonds. The summed E-state index contributed by atoms with van der Waals surface area (Å²) in [7, 11) is 1.54. The molecule has 0 spiro atoms. The molecular weight excluding hydrogens is 220 g/mol. The summed E-state index contributed by atoms with van der Waals surface area (Å²) in [4.78, 5) is 33.6. The smallest absolute Gasteiger partial charge is 0.135 e. The lowest BCUT2D eigenvalue weighted by Gasteiger charge is -2.01. The molecule has 0 rings (SSSR count). The van der Waals surface area contributed by atoms with Crippen LogP contribution in [0.15, 0.2) is 0 Å². The highest BCUT2D eigenvalue weighted by atomic mass is 16.5. The second kappa shape index (κ2) is 10.1. The first-order valence-electron chi connectivity index (χ1n) is 6.14. The van der Waals surface area contributed by atoms with Gasteiger partial charge in [-0.15, -0.1) is 0 Å². The minimum Gasteiger partial charge on any atom is -0.384 e. The van der Waals surface area contributed by atoms with Gasteiger partial charge in [0.05, 0.1) is 6.61 Å². The largest absolute Gasteiger partial charge is 0.384 e. The van der Waals surface area contributed by atoms with Gasteiger partial charge < -0.3 is 4.74 Å². The summed E-state index contributed by atoms with van der Waals surface area (Å²) in [5, 5.41) is 0. The molecule has 4 nitrogen and oxygen atoms in total. The SMILES string of the molecule is CCC(=O)CCCC(=O)CCC(=O)CCOC. The Morgan fingerprint density at radius 3 is 1.88 bits per heavy atom. The molecule has 0 saturated heterocycles. The maximum Gasteiger partial charge on any atom is 0.135 e. The van der Waals surface area contributed by atoms with Gasteiger partial charge in [0.1, 0.15) is 17.3 Å². The zero-order valence-electron chi connectivity index (χ0n) is 10.8. The van der Waals surface area contributed by atoms with Crippen molar-refractivity contribution < 1.29 is 19.1 Å². The fourth-order valence-electron chi connectivity index (χ4n) is 1.40. The van der Waals surface area contributed by atoms with Gasteiger partial charge in [0.25, 0.3) is 0 Å². The molecule has 0 N–H and O–H groups in total. The van der Waals surface area contributed by atoms with Crippen LogP contribution >= 0.6 is 0 Å². The van der Waals surface area contributed by atoms with Crippen molar-refractivity contribution in [2.24, 2.45) is 0 Å². The van der Waals surface area contributed by atoms with Crippen molar-refractivity contribution in [3.63, 3.8) is 0 Å². The number of Topliss-reactive ketones (excluding diaryl/α,β-unsaturated/α-hetero) is 3. The number of ether oxygens (including phenoxy) is 1. The van der Waals surface area contributed by atoms with Crippen LogP contribution in [0.2, 0.25) is 0 Å². The fourth-order valence-corrected chi connectivity index (χ4v) is 1.40. The average Bonchev–Trinajstić information content (AvgIpc) is 2.33. The summed E-state index contributed by atoms with van der Waals surface area (Å²) in [6.07, 6.45) is 2.98. The molecule has 0 fully saturated rings. The predicted octanol–water partition coefficient (Wildman–Crippen LogP) is 2.09. The standard InChI is InChI=1S/C13H22O4/c1-3-11(14)5-4-6-12(15)7-8-13(16)9-10-17-2/h3-10H2,1-2H3. The molecular formula is C13H22O4. The van der Waals surface area contributed by atoms with Crippen LogP contribution in [-0.4, -0.2) is 31.1 Å². The maximum atomic E-state index is 11.4. The molecule has 0 aliphatic rings. The van der Waals surface area contributed by atoms with Gasteiger partial charge in [0.2, 0.25) is 0 Å². The lowest BCUT2D eigenvalue weighted by atomic mass is 10.0. The first-order chi connectivity index (χ1) is 8.10. The quantitative estimate of drug-likeness (QED) is 0.556. The third kappa shape index (κ3) is 9.87. The topological polar surface area (TPSA) is 60.4 Å². The van der Waals surface area contributed by atoms with Gasteiger partial charge >= 0.3 is 0 Å². The van der Waals surface area contributed by atoms with E-state index in [-0.39, 0.29) is 17.3 Å². The molecule has 0 aromatic heterocycles. The number of methoxy groups -OCH3 is 1. The first-order valence-corrected chi connectivity index (χ1v) is 6.14. The molecule has 0 heterocycles. The molecule has 0 aliphatic heterocycles. The van der Waals surface area contributed by atoms with Crippen molar-refractivity contribution in [1.29, 1.82) is 0 Å². The Balaban J connectivity index is 3.52. The summed E-state index contributed by atoms with van der Waals surface area (Å²) in [6.45, 7) is 2.23. The Hall–Kier alpha value is -1.03. The van der Waals surface area contributed by atoms with E-state index in [1.165, 1.54) is 0 Å². The molecule has 4 heteroatoms. The number of ketones is 3. The van der Waals surface area contributed by atoms with Crippen LogP contribution in [0.25, 0.3) is 0 Å². The van der Waals surface area contributed by atoms with Crippen molar-refractivity contribution in [3.05, 3.63) is 0 Å². The van der Waals surface area contributed by atoms with Crippen LogP contribution in [0.3, 0.4) is 0 Å². The molecule has 0 aliphatic carbocycles. The number of hydrogen-bond donors (Lipinski definition) is 0. The lowest BCUT2D eigenvalue weighted by Crippen LogP contribution is -2.07. The van der Waals surface area contributed by atoms with Crippen LogP contribution < -0.4 is 0 Å². The second-order valence-electron chi connectivity index (χ2n) is 4.07. The van der Waals surface area contributed by atoms with Crippen molar-refractivity contribution in [1.82, 2.24) is 0 Å². The third-order valence-corrected chi connectivity index (χ3v) is 2.57. The Kier molecular flexibility index (Phi) is 9.53. The highest BCUT2D eigenvalue weighted by Crippen LogP contribution is 2.05. The minimum absolute atomic E-state index is 0.0600. The number of hydrogen-bond acceptors (Lipinski definition) is 4. The van der Waals surface area contributed by atoms with Crippen LogP contribution in [0.5, 0.6) is 0 Å². The van der Waals surface area contributed by atoms with Crippen molar-refractivity contribution in [3.8, 4) is 0 Å². The van der Waals surface area contributed by atoms with Gasteiger partial charge in [0, 0.05) is 45.6 Å². The van der Waals surface area contributed by atoms with E-state index in [4.69, 9.17) is 4.74 Å². The first kappa shape index (κ1) is 16.0. The van der Waals surface area contributed by atoms with E-state index >= 15 is 0 Å². The molecule has 98 valence electrons.